The minimum atomic E-state index is -0.200. The fourth-order valence-electron chi connectivity index (χ4n) is 7.83. The second-order valence-electron chi connectivity index (χ2n) is 11.6. The molecule has 4 aromatic heterocycles. The SMILES string of the molecule is O=c1c2ccc3c4ccc5c(=O)n6c7ccccc7nc6c6cc(O)c(c7c(O)cc(c2c37)c2nc3ccccc3n12)c4c56. The molecule has 0 saturated carbocycles. The second-order valence-corrected chi connectivity index (χ2v) is 11.6. The van der Waals surface area contributed by atoms with Crippen molar-refractivity contribution in [3.8, 4) is 11.5 Å². The molecular formula is C36H16N4O4. The third-order valence-corrected chi connectivity index (χ3v) is 9.53. The van der Waals surface area contributed by atoms with Crippen LogP contribution in [0.25, 0.3) is 98.0 Å². The lowest BCUT2D eigenvalue weighted by molar-refractivity contribution is 0.478. The first kappa shape index (κ1) is 22.3. The van der Waals surface area contributed by atoms with Crippen molar-refractivity contribution in [2.75, 3.05) is 0 Å². The Hall–Kier alpha value is -6.28. The normalized spacial score (nSPS) is 12.9. The quantitative estimate of drug-likeness (QED) is 0.157. The zero-order valence-corrected chi connectivity index (χ0v) is 22.6. The molecule has 0 saturated heterocycles. The minimum Gasteiger partial charge on any atom is -0.507 e. The lowest BCUT2D eigenvalue weighted by atomic mass is 9.85. The summed E-state index contributed by atoms with van der Waals surface area (Å²) in [5.41, 5.74) is 3.30. The molecule has 44 heavy (non-hydrogen) atoms. The summed E-state index contributed by atoms with van der Waals surface area (Å²) < 4.78 is 3.21. The fourth-order valence-corrected chi connectivity index (χ4v) is 7.83. The summed E-state index contributed by atoms with van der Waals surface area (Å²) in [6.07, 6.45) is 0. The van der Waals surface area contributed by atoms with E-state index < -0.39 is 0 Å². The number of phenols is 2. The number of aromatic nitrogens is 4. The molecule has 0 aliphatic heterocycles. The molecule has 0 atom stereocenters. The van der Waals surface area contributed by atoms with Gasteiger partial charge >= 0.3 is 0 Å². The van der Waals surface area contributed by atoms with E-state index in [1.54, 1.807) is 20.9 Å². The van der Waals surface area contributed by atoms with Crippen molar-refractivity contribution in [2.45, 2.75) is 0 Å². The van der Waals surface area contributed by atoms with Crippen LogP contribution in [-0.4, -0.2) is 29.0 Å². The number of rotatable bonds is 0. The van der Waals surface area contributed by atoms with E-state index in [9.17, 15) is 19.8 Å². The highest BCUT2D eigenvalue weighted by Gasteiger charge is 2.27. The third kappa shape index (κ3) is 2.27. The van der Waals surface area contributed by atoms with Gasteiger partial charge in [-0.3, -0.25) is 18.4 Å². The number of pyridine rings is 2. The molecule has 0 unspecified atom stereocenters. The molecule has 8 nitrogen and oxygen atoms in total. The molecule has 0 bridgehead atoms. The maximum Gasteiger partial charge on any atom is 0.264 e. The van der Waals surface area contributed by atoms with Gasteiger partial charge in [-0.25, -0.2) is 9.97 Å². The van der Waals surface area contributed by atoms with Crippen LogP contribution in [0.1, 0.15) is 0 Å². The van der Waals surface area contributed by atoms with Crippen molar-refractivity contribution in [3.63, 3.8) is 0 Å². The fraction of sp³-hybridized carbons (Fsp3) is 0. The molecule has 0 radical (unpaired) electrons. The van der Waals surface area contributed by atoms with E-state index in [-0.39, 0.29) is 22.6 Å². The van der Waals surface area contributed by atoms with E-state index in [1.807, 2.05) is 72.8 Å². The molecule has 0 spiro atoms. The van der Waals surface area contributed by atoms with Gasteiger partial charge in [0.2, 0.25) is 0 Å². The lowest BCUT2D eigenvalue weighted by Crippen LogP contribution is -2.14. The van der Waals surface area contributed by atoms with Gasteiger partial charge in [-0.05, 0) is 59.3 Å². The van der Waals surface area contributed by atoms with Crippen molar-refractivity contribution in [2.24, 2.45) is 0 Å². The number of benzene rings is 7. The number of nitrogens with zero attached hydrogens (tertiary/aromatic N) is 4. The van der Waals surface area contributed by atoms with E-state index >= 15 is 0 Å². The largest absolute Gasteiger partial charge is 0.507 e. The Labute approximate surface area is 243 Å². The molecule has 4 heterocycles. The number of phenolic OH excluding ortho intramolecular Hbond substituents is 2. The van der Waals surface area contributed by atoms with Crippen LogP contribution in [0, 0.1) is 0 Å². The minimum absolute atomic E-state index is 0.0464. The maximum absolute atomic E-state index is 14.0. The van der Waals surface area contributed by atoms with Crippen molar-refractivity contribution >= 4 is 98.0 Å². The summed E-state index contributed by atoms with van der Waals surface area (Å²) in [6.45, 7) is 0. The van der Waals surface area contributed by atoms with Crippen LogP contribution >= 0.6 is 0 Å². The van der Waals surface area contributed by atoms with Crippen LogP contribution in [0.2, 0.25) is 0 Å². The Morgan fingerprint density at radius 3 is 1.32 bits per heavy atom. The molecule has 2 N–H and O–H groups in total. The highest BCUT2D eigenvalue weighted by Crippen LogP contribution is 2.51. The molecule has 7 aromatic carbocycles. The van der Waals surface area contributed by atoms with Gasteiger partial charge in [-0.1, -0.05) is 36.4 Å². The molecular weight excluding hydrogens is 552 g/mol. The number of fused-ring (bicyclic) bond motifs is 10. The van der Waals surface area contributed by atoms with Crippen molar-refractivity contribution < 1.29 is 10.2 Å². The predicted molar refractivity (Wildman–Crippen MR) is 173 cm³/mol. The van der Waals surface area contributed by atoms with Crippen LogP contribution in [0.5, 0.6) is 11.5 Å². The highest BCUT2D eigenvalue weighted by molar-refractivity contribution is 6.42. The Balaban J connectivity index is 1.45. The van der Waals surface area contributed by atoms with Gasteiger partial charge in [0.05, 0.1) is 22.1 Å². The molecule has 0 amide bonds. The lowest BCUT2D eigenvalue weighted by Gasteiger charge is -2.19. The monoisotopic (exact) mass is 568 g/mol. The molecule has 0 fully saturated rings. The first-order valence-electron chi connectivity index (χ1n) is 14.2. The first-order valence-corrected chi connectivity index (χ1v) is 14.2. The van der Waals surface area contributed by atoms with Gasteiger partial charge < -0.3 is 10.2 Å². The summed E-state index contributed by atoms with van der Waals surface area (Å²) in [5, 5.41) is 31.0. The van der Waals surface area contributed by atoms with E-state index in [0.717, 1.165) is 10.8 Å². The van der Waals surface area contributed by atoms with Gasteiger partial charge in [0, 0.05) is 53.9 Å². The van der Waals surface area contributed by atoms with Crippen molar-refractivity contribution in [3.05, 3.63) is 106 Å². The van der Waals surface area contributed by atoms with Crippen molar-refractivity contribution in [1.82, 2.24) is 18.8 Å². The first-order chi connectivity index (χ1) is 21.5. The van der Waals surface area contributed by atoms with Gasteiger partial charge in [-0.2, -0.15) is 0 Å². The topological polar surface area (TPSA) is 109 Å². The summed E-state index contributed by atoms with van der Waals surface area (Å²) >= 11 is 0. The van der Waals surface area contributed by atoms with E-state index in [0.29, 0.717) is 87.2 Å². The van der Waals surface area contributed by atoms with Crippen LogP contribution < -0.4 is 11.1 Å². The summed E-state index contributed by atoms with van der Waals surface area (Å²) in [6, 6.07) is 25.7. The predicted octanol–water partition coefficient (Wildman–Crippen LogP) is 6.65. The molecule has 0 aliphatic rings. The van der Waals surface area contributed by atoms with Gasteiger partial charge in [0.15, 0.2) is 0 Å². The van der Waals surface area contributed by atoms with E-state index in [2.05, 4.69) is 0 Å². The number of hydrogen-bond donors (Lipinski definition) is 2. The summed E-state index contributed by atoms with van der Waals surface area (Å²) in [5.74, 6) is -0.0928. The Kier molecular flexibility index (Phi) is 3.56. The van der Waals surface area contributed by atoms with Crippen LogP contribution in [0.4, 0.5) is 0 Å². The smallest absolute Gasteiger partial charge is 0.264 e. The molecule has 11 aromatic rings. The summed E-state index contributed by atoms with van der Waals surface area (Å²) in [7, 11) is 0. The maximum atomic E-state index is 14.0. The number of para-hydroxylation sites is 4. The number of hydrogen-bond acceptors (Lipinski definition) is 6. The Morgan fingerprint density at radius 2 is 0.864 bits per heavy atom. The van der Waals surface area contributed by atoms with Gasteiger partial charge in [0.25, 0.3) is 11.1 Å². The van der Waals surface area contributed by atoms with Crippen LogP contribution in [-0.2, 0) is 0 Å². The Morgan fingerprint density at radius 1 is 0.455 bits per heavy atom. The standard InChI is InChI=1S/C36H16N4O4/c41-25-13-19-27-17(35(43)39-23-7-3-1-5-21(23)37-33(19)39)11-9-15-16-10-12-18-28-20(14-26(42)32(30(16)28)31(25)29(15)27)34-38-22-6-2-4-8-24(22)40(34)36(18)44/h1-14,41-42H. The molecule has 204 valence electrons. The van der Waals surface area contributed by atoms with Crippen LogP contribution in [0.15, 0.2) is 94.5 Å². The zero-order valence-electron chi connectivity index (χ0n) is 22.6. The third-order valence-electron chi connectivity index (χ3n) is 9.53. The zero-order chi connectivity index (χ0) is 29.2. The number of aromatic hydroxyl groups is 2. The molecule has 0 aliphatic carbocycles. The van der Waals surface area contributed by atoms with Gasteiger partial charge in [-0.15, -0.1) is 0 Å². The number of imidazole rings is 2. The Bertz CT molecular complexity index is 3010. The second kappa shape index (κ2) is 7.02. The highest BCUT2D eigenvalue weighted by atomic mass is 16.3. The summed E-state index contributed by atoms with van der Waals surface area (Å²) in [4.78, 5) is 37.6. The van der Waals surface area contributed by atoms with Crippen LogP contribution in [0.3, 0.4) is 0 Å². The molecule has 11 rings (SSSR count). The average Bonchev–Trinajstić information content (AvgIpc) is 3.63. The van der Waals surface area contributed by atoms with E-state index in [1.165, 1.54) is 0 Å². The van der Waals surface area contributed by atoms with E-state index in [4.69, 9.17) is 9.97 Å². The molecule has 8 heteroatoms. The van der Waals surface area contributed by atoms with Crippen molar-refractivity contribution in [1.29, 1.82) is 0 Å². The van der Waals surface area contributed by atoms with Gasteiger partial charge in [0.1, 0.15) is 22.8 Å². The average molecular weight is 569 g/mol.